The van der Waals surface area contributed by atoms with Crippen molar-refractivity contribution < 1.29 is 119 Å². The zero-order valence-electron chi connectivity index (χ0n) is 43.2. The summed E-state index contributed by atoms with van der Waals surface area (Å²) in [6.45, 7) is 6.43. The molecule has 32 unspecified atom stereocenters. The summed E-state index contributed by atoms with van der Waals surface area (Å²) in [7, 11) is 0. The van der Waals surface area contributed by atoms with Gasteiger partial charge < -0.3 is 119 Å². The number of hydrogen-bond donors (Lipinski definition) is 15. The van der Waals surface area contributed by atoms with Crippen molar-refractivity contribution in [3.8, 4) is 0 Å². The van der Waals surface area contributed by atoms with Gasteiger partial charge in [0.2, 0.25) is 0 Å². The third-order valence-corrected chi connectivity index (χ3v) is 20.1. The molecule has 0 amide bonds. The van der Waals surface area contributed by atoms with Gasteiger partial charge in [0.25, 0.3) is 0 Å². The number of rotatable bonds is 16. The van der Waals surface area contributed by atoms with Gasteiger partial charge in [-0.1, -0.05) is 27.7 Å². The average Bonchev–Trinajstić information content (AvgIpc) is 3.83. The minimum Gasteiger partial charge on any atom is -0.394 e. The van der Waals surface area contributed by atoms with Crippen LogP contribution in [0.15, 0.2) is 0 Å². The van der Waals surface area contributed by atoms with Crippen LogP contribution in [0.3, 0.4) is 0 Å². The molecule has 0 bridgehead atoms. The van der Waals surface area contributed by atoms with E-state index >= 15 is 0 Å². The Bertz CT molecular complexity index is 1870. The second-order valence-electron chi connectivity index (χ2n) is 24.3. The Kier molecular flexibility index (Phi) is 18.1. The molecule has 4 saturated carbocycles. The van der Waals surface area contributed by atoms with Crippen LogP contribution in [-0.2, 0) is 42.6 Å². The molecule has 9 rings (SSSR count). The van der Waals surface area contributed by atoms with Gasteiger partial charge in [-0.2, -0.15) is 0 Å². The molecule has 5 saturated heterocycles. The van der Waals surface area contributed by atoms with Crippen molar-refractivity contribution in [3.05, 3.63) is 0 Å². The first-order chi connectivity index (χ1) is 35.5. The lowest BCUT2D eigenvalue weighted by Crippen LogP contribution is -2.65. The topological polar surface area (TPSA) is 387 Å². The van der Waals surface area contributed by atoms with Gasteiger partial charge in [0.15, 0.2) is 30.9 Å². The summed E-state index contributed by atoms with van der Waals surface area (Å²) < 4.78 is 53.8. The molecular weight excluding hydrogens is 997 g/mol. The van der Waals surface area contributed by atoms with Gasteiger partial charge in [-0.05, 0) is 104 Å². The first kappa shape index (κ1) is 58.7. The Balaban J connectivity index is 0.830. The summed E-state index contributed by atoms with van der Waals surface area (Å²) >= 11 is 0. The van der Waals surface area contributed by atoms with E-state index in [9.17, 15) is 76.6 Å². The molecule has 0 radical (unpaired) electrons. The molecule has 0 aromatic heterocycles. The highest BCUT2D eigenvalue weighted by atomic mass is 16.8. The van der Waals surface area contributed by atoms with E-state index in [1.807, 2.05) is 6.92 Å². The first-order valence-electron chi connectivity index (χ1n) is 27.4. The van der Waals surface area contributed by atoms with Gasteiger partial charge in [-0.25, -0.2) is 0 Å². The molecule has 15 N–H and O–H groups in total. The zero-order chi connectivity index (χ0) is 54.2. The van der Waals surface area contributed by atoms with E-state index in [2.05, 4.69) is 20.8 Å². The van der Waals surface area contributed by atoms with Crippen LogP contribution in [0.1, 0.15) is 91.9 Å². The first-order valence-corrected chi connectivity index (χ1v) is 27.4. The van der Waals surface area contributed by atoms with E-state index < -0.39 is 161 Å². The van der Waals surface area contributed by atoms with Gasteiger partial charge in [0.1, 0.15) is 97.7 Å². The van der Waals surface area contributed by atoms with Crippen molar-refractivity contribution in [3.63, 3.8) is 0 Å². The average molecular weight is 1080 g/mol. The summed E-state index contributed by atoms with van der Waals surface area (Å²) in [6.07, 6.45) is -23.9. The predicted molar refractivity (Wildman–Crippen MR) is 252 cm³/mol. The minimum absolute atomic E-state index is 0.0417. The summed E-state index contributed by atoms with van der Waals surface area (Å²) in [5, 5.41) is 158. The lowest BCUT2D eigenvalue weighted by atomic mass is 9.44. The van der Waals surface area contributed by atoms with Crippen LogP contribution in [0.25, 0.3) is 0 Å². The van der Waals surface area contributed by atoms with Gasteiger partial charge >= 0.3 is 0 Å². The highest BCUT2D eigenvalue weighted by molar-refractivity contribution is 5.15. The number of aliphatic hydroxyl groups is 15. The van der Waals surface area contributed by atoms with Crippen molar-refractivity contribution in [2.75, 3.05) is 33.0 Å². The third kappa shape index (κ3) is 10.8. The van der Waals surface area contributed by atoms with Crippen molar-refractivity contribution in [2.45, 2.75) is 233 Å². The molecule has 0 aromatic rings. The SMILES string of the molecule is CC(CCC1(O)OC2CC3C4CCC5CC(OC6OC(COC7OC(CO)C(O)C(O)C7O)C(O)C(O)C6OC6OC(CO)C(O)C(O)C6O)CCC5(C)C4CCC3(C)C2C1C)COC1OC(CO)C(O)C(O)C1O. The van der Waals surface area contributed by atoms with E-state index in [1.54, 1.807) is 0 Å². The van der Waals surface area contributed by atoms with Gasteiger partial charge in [-0.3, -0.25) is 0 Å². The maximum atomic E-state index is 12.1. The molecule has 24 nitrogen and oxygen atoms in total. The van der Waals surface area contributed by atoms with Gasteiger partial charge in [0, 0.05) is 12.3 Å². The monoisotopic (exact) mass is 1080 g/mol. The molecule has 5 aliphatic heterocycles. The van der Waals surface area contributed by atoms with Crippen molar-refractivity contribution in [1.29, 1.82) is 0 Å². The summed E-state index contributed by atoms with van der Waals surface area (Å²) in [5.41, 5.74) is -0.0974. The Labute approximate surface area is 436 Å². The molecule has 434 valence electrons. The largest absolute Gasteiger partial charge is 0.394 e. The molecular formula is C51H86O24. The van der Waals surface area contributed by atoms with Crippen LogP contribution >= 0.6 is 0 Å². The molecule has 0 spiro atoms. The molecule has 32 atom stereocenters. The van der Waals surface area contributed by atoms with Gasteiger partial charge in [0.05, 0.1) is 45.2 Å². The quantitative estimate of drug-likeness (QED) is 0.0656. The summed E-state index contributed by atoms with van der Waals surface area (Å²) in [5.74, 6) is 0.0761. The smallest absolute Gasteiger partial charge is 0.187 e. The number of fused-ring (bicyclic) bond motifs is 7. The highest BCUT2D eigenvalue weighted by Crippen LogP contribution is 2.71. The van der Waals surface area contributed by atoms with Crippen LogP contribution < -0.4 is 0 Å². The number of ether oxygens (including phenoxy) is 9. The molecule has 9 aliphatic rings. The van der Waals surface area contributed by atoms with Crippen LogP contribution in [0, 0.1) is 52.3 Å². The highest BCUT2D eigenvalue weighted by Gasteiger charge is 2.68. The lowest BCUT2D eigenvalue weighted by molar-refractivity contribution is -0.378. The normalized spacial score (nSPS) is 55.4. The van der Waals surface area contributed by atoms with E-state index in [4.69, 9.17) is 42.6 Å². The molecule has 9 fully saturated rings. The van der Waals surface area contributed by atoms with E-state index in [0.717, 1.165) is 38.5 Å². The van der Waals surface area contributed by atoms with Gasteiger partial charge in [-0.15, -0.1) is 0 Å². The lowest BCUT2D eigenvalue weighted by Gasteiger charge is -2.61. The Hall–Kier alpha value is -0.960. The van der Waals surface area contributed by atoms with E-state index in [1.165, 1.54) is 0 Å². The Morgan fingerprint density at radius 3 is 1.68 bits per heavy atom. The fourth-order valence-electron chi connectivity index (χ4n) is 15.5. The molecule has 4 aliphatic carbocycles. The van der Waals surface area contributed by atoms with E-state index in [0.29, 0.717) is 43.4 Å². The standard InChI is InChI=1S/C51H86O24/c1-20(18-67-45-41(63)37(59)33(55)28(15-52)70-45)7-12-51(66)21(2)32-27(75-51)14-26-24-6-5-22-13-23(8-10-49(22,3)25(24)9-11-50(26,32)4)69-48-44(74-47-43(65)39(61)35(57)30(17-54)72-47)40(62)36(58)31(73-48)19-68-46-42(64)38(60)34(56)29(16-53)71-46/h20-48,52-66H,5-19H2,1-4H3. The van der Waals surface area contributed by atoms with Crippen LogP contribution in [-0.4, -0.2) is 250 Å². The minimum atomic E-state index is -1.85. The third-order valence-electron chi connectivity index (χ3n) is 20.1. The van der Waals surface area contributed by atoms with Crippen LogP contribution in [0.4, 0.5) is 0 Å². The summed E-state index contributed by atoms with van der Waals surface area (Å²) in [4.78, 5) is 0. The second kappa shape index (κ2) is 23.1. The fourth-order valence-corrected chi connectivity index (χ4v) is 15.5. The molecule has 75 heavy (non-hydrogen) atoms. The van der Waals surface area contributed by atoms with Crippen LogP contribution in [0.5, 0.6) is 0 Å². The number of hydrogen-bond acceptors (Lipinski definition) is 24. The Morgan fingerprint density at radius 1 is 0.547 bits per heavy atom. The maximum absolute atomic E-state index is 12.1. The molecule has 0 aromatic carbocycles. The predicted octanol–water partition coefficient (Wildman–Crippen LogP) is -3.95. The van der Waals surface area contributed by atoms with Crippen molar-refractivity contribution in [2.24, 2.45) is 52.3 Å². The summed E-state index contributed by atoms with van der Waals surface area (Å²) in [6, 6.07) is 0. The Morgan fingerprint density at radius 2 is 1.08 bits per heavy atom. The number of aliphatic hydroxyl groups excluding tert-OH is 14. The molecule has 5 heterocycles. The maximum Gasteiger partial charge on any atom is 0.187 e. The molecule has 24 heteroatoms. The van der Waals surface area contributed by atoms with E-state index in [-0.39, 0.29) is 47.2 Å². The van der Waals surface area contributed by atoms with Crippen molar-refractivity contribution >= 4 is 0 Å². The van der Waals surface area contributed by atoms with Crippen LogP contribution in [0.2, 0.25) is 0 Å². The van der Waals surface area contributed by atoms with Crippen molar-refractivity contribution in [1.82, 2.24) is 0 Å². The second-order valence-corrected chi connectivity index (χ2v) is 24.3. The fraction of sp³-hybridized carbons (Fsp3) is 1.00. The zero-order valence-corrected chi connectivity index (χ0v) is 43.2.